The fourth-order valence-corrected chi connectivity index (χ4v) is 1.42. The van der Waals surface area contributed by atoms with Crippen LogP contribution in [0.4, 0.5) is 10.2 Å². The second-order valence-electron chi connectivity index (χ2n) is 3.38. The van der Waals surface area contributed by atoms with Crippen LogP contribution in [0.5, 0.6) is 0 Å². The molecule has 2 rings (SSSR count). The Kier molecular flexibility index (Phi) is 2.63. The molecule has 1 heterocycles. The Hall–Kier alpha value is -1.90. The summed E-state index contributed by atoms with van der Waals surface area (Å²) in [5.74, 6) is 0.478. The summed E-state index contributed by atoms with van der Waals surface area (Å²) in [5.41, 5.74) is 6.81. The summed E-state index contributed by atoms with van der Waals surface area (Å²) in [6, 6.07) is 12.1. The number of pyridine rings is 1. The van der Waals surface area contributed by atoms with Gasteiger partial charge in [-0.2, -0.15) is 0 Å². The molecule has 0 saturated carbocycles. The second kappa shape index (κ2) is 4.09. The Bertz CT molecular complexity index is 451. The molecule has 0 radical (unpaired) electrons. The fourth-order valence-electron chi connectivity index (χ4n) is 1.42. The number of hydrogen-bond donors (Lipinski definition) is 1. The molecule has 0 spiro atoms. The summed E-state index contributed by atoms with van der Waals surface area (Å²) in [6.45, 7) is 0.660. The van der Waals surface area contributed by atoms with Crippen LogP contribution in [-0.2, 0) is 6.54 Å². The number of nitrogens with zero attached hydrogens (tertiary/aromatic N) is 1. The van der Waals surface area contributed by atoms with Gasteiger partial charge in [0, 0.05) is 6.07 Å². The summed E-state index contributed by atoms with van der Waals surface area (Å²) in [4.78, 5) is 0. The Morgan fingerprint density at radius 1 is 1.07 bits per heavy atom. The summed E-state index contributed by atoms with van der Waals surface area (Å²) in [7, 11) is 0. The first kappa shape index (κ1) is 9.65. The van der Waals surface area contributed by atoms with E-state index in [1.807, 2.05) is 29.0 Å². The Morgan fingerprint density at radius 2 is 1.80 bits per heavy atom. The molecule has 0 bridgehead atoms. The van der Waals surface area contributed by atoms with Crippen molar-refractivity contribution in [1.82, 2.24) is 0 Å². The lowest BCUT2D eigenvalue weighted by atomic mass is 10.2. The minimum atomic E-state index is -0.218. The highest BCUT2D eigenvalue weighted by molar-refractivity contribution is 5.20. The van der Waals surface area contributed by atoms with Gasteiger partial charge >= 0.3 is 0 Å². The van der Waals surface area contributed by atoms with Crippen LogP contribution in [0.2, 0.25) is 0 Å². The molecule has 0 saturated heterocycles. The van der Waals surface area contributed by atoms with E-state index in [2.05, 4.69) is 0 Å². The zero-order valence-electron chi connectivity index (χ0n) is 8.23. The topological polar surface area (TPSA) is 29.9 Å². The highest BCUT2D eigenvalue weighted by Crippen LogP contribution is 2.03. The van der Waals surface area contributed by atoms with Gasteiger partial charge in [0.15, 0.2) is 0 Å². The van der Waals surface area contributed by atoms with Crippen molar-refractivity contribution in [3.63, 3.8) is 0 Å². The van der Waals surface area contributed by atoms with Gasteiger partial charge in [-0.15, -0.1) is 0 Å². The molecule has 15 heavy (non-hydrogen) atoms. The number of hydrogen-bond acceptors (Lipinski definition) is 1. The first-order chi connectivity index (χ1) is 7.25. The maximum absolute atomic E-state index is 12.7. The van der Waals surface area contributed by atoms with Crippen LogP contribution in [0.15, 0.2) is 48.7 Å². The normalized spacial score (nSPS) is 10.2. The quantitative estimate of drug-likeness (QED) is 0.740. The first-order valence-electron chi connectivity index (χ1n) is 4.74. The minimum Gasteiger partial charge on any atom is -0.287 e. The van der Waals surface area contributed by atoms with Gasteiger partial charge in [0.05, 0.1) is 6.20 Å². The van der Waals surface area contributed by atoms with Crippen molar-refractivity contribution in [1.29, 1.82) is 0 Å². The molecule has 0 atom stereocenters. The zero-order chi connectivity index (χ0) is 10.7. The summed E-state index contributed by atoms with van der Waals surface area (Å²) in [6.07, 6.45) is 1.90. The van der Waals surface area contributed by atoms with Crippen LogP contribution in [0.1, 0.15) is 5.56 Å². The standard InChI is InChI=1S/C12H11FN2/c13-11-6-4-10(5-7-11)9-15-8-2-1-3-12(15)14/h1-8,14H,9H2/p+1. The molecule has 2 N–H and O–H groups in total. The van der Waals surface area contributed by atoms with E-state index in [4.69, 9.17) is 5.73 Å². The van der Waals surface area contributed by atoms with Crippen molar-refractivity contribution in [3.05, 3.63) is 60.0 Å². The second-order valence-corrected chi connectivity index (χ2v) is 3.38. The molecule has 76 valence electrons. The van der Waals surface area contributed by atoms with Crippen molar-refractivity contribution < 1.29 is 8.96 Å². The molecule has 2 aromatic rings. The maximum atomic E-state index is 12.7. The van der Waals surface area contributed by atoms with Gasteiger partial charge in [0.1, 0.15) is 12.4 Å². The van der Waals surface area contributed by atoms with E-state index < -0.39 is 0 Å². The Balaban J connectivity index is 2.22. The molecule has 1 aromatic heterocycles. The van der Waals surface area contributed by atoms with Gasteiger partial charge in [-0.25, -0.2) is 8.96 Å². The Morgan fingerprint density at radius 3 is 2.47 bits per heavy atom. The van der Waals surface area contributed by atoms with Gasteiger partial charge in [-0.3, -0.25) is 5.73 Å². The lowest BCUT2D eigenvalue weighted by Crippen LogP contribution is -2.36. The van der Waals surface area contributed by atoms with Gasteiger partial charge < -0.3 is 0 Å². The smallest absolute Gasteiger partial charge is 0.272 e. The van der Waals surface area contributed by atoms with Crippen LogP contribution in [0, 0.1) is 5.82 Å². The summed E-state index contributed by atoms with van der Waals surface area (Å²) in [5, 5.41) is 0. The third-order valence-electron chi connectivity index (χ3n) is 2.24. The number of rotatable bonds is 2. The lowest BCUT2D eigenvalue weighted by Gasteiger charge is -2.02. The number of halogens is 1. The van der Waals surface area contributed by atoms with Crippen molar-refractivity contribution >= 4 is 5.82 Å². The zero-order valence-corrected chi connectivity index (χ0v) is 8.23. The van der Waals surface area contributed by atoms with Gasteiger partial charge in [-0.1, -0.05) is 18.2 Å². The van der Waals surface area contributed by atoms with Crippen LogP contribution in [0.25, 0.3) is 0 Å². The monoisotopic (exact) mass is 203 g/mol. The fraction of sp³-hybridized carbons (Fsp3) is 0.0833. The van der Waals surface area contributed by atoms with Crippen LogP contribution in [-0.4, -0.2) is 0 Å². The van der Waals surface area contributed by atoms with E-state index >= 15 is 0 Å². The van der Waals surface area contributed by atoms with Crippen LogP contribution < -0.4 is 10.3 Å². The summed E-state index contributed by atoms with van der Waals surface area (Å²) < 4.78 is 14.6. The van der Waals surface area contributed by atoms with E-state index in [1.54, 1.807) is 12.1 Å². The predicted molar refractivity (Wildman–Crippen MR) is 56.6 cm³/mol. The van der Waals surface area contributed by atoms with E-state index in [0.29, 0.717) is 12.4 Å². The first-order valence-corrected chi connectivity index (χ1v) is 4.74. The number of nitrogen functional groups attached to an aromatic ring is 1. The SMILES string of the molecule is Nc1cccc[n+]1Cc1ccc(F)cc1. The molecule has 2 nitrogen and oxygen atoms in total. The van der Waals surface area contributed by atoms with Gasteiger partial charge in [0.25, 0.3) is 5.82 Å². The van der Waals surface area contributed by atoms with Crippen LogP contribution >= 0.6 is 0 Å². The molecular formula is C12H12FN2+. The molecular weight excluding hydrogens is 191 g/mol. The van der Waals surface area contributed by atoms with Crippen LogP contribution in [0.3, 0.4) is 0 Å². The molecule has 0 aliphatic rings. The molecule has 0 amide bonds. The number of aromatic nitrogens is 1. The highest BCUT2D eigenvalue weighted by Gasteiger charge is 2.03. The molecule has 3 heteroatoms. The van der Waals surface area contributed by atoms with Gasteiger partial charge in [0.2, 0.25) is 0 Å². The molecule has 0 aliphatic carbocycles. The molecule has 1 aromatic carbocycles. The average Bonchev–Trinajstić information content (AvgIpc) is 2.25. The lowest BCUT2D eigenvalue weighted by molar-refractivity contribution is -0.674. The minimum absolute atomic E-state index is 0.218. The summed E-state index contributed by atoms with van der Waals surface area (Å²) >= 11 is 0. The van der Waals surface area contributed by atoms with E-state index in [9.17, 15) is 4.39 Å². The third kappa shape index (κ3) is 2.31. The predicted octanol–water partition coefficient (Wildman–Crippen LogP) is 1.74. The molecule has 0 aliphatic heterocycles. The highest BCUT2D eigenvalue weighted by atomic mass is 19.1. The average molecular weight is 203 g/mol. The van der Waals surface area contributed by atoms with Gasteiger partial charge in [-0.05, 0) is 23.8 Å². The number of benzene rings is 1. The Labute approximate surface area is 87.8 Å². The van der Waals surface area contributed by atoms with Crippen molar-refractivity contribution in [2.24, 2.45) is 0 Å². The van der Waals surface area contributed by atoms with E-state index in [-0.39, 0.29) is 5.82 Å². The largest absolute Gasteiger partial charge is 0.287 e. The number of nitrogens with two attached hydrogens (primary N) is 1. The van der Waals surface area contributed by atoms with E-state index in [1.165, 1.54) is 12.1 Å². The van der Waals surface area contributed by atoms with E-state index in [0.717, 1.165) is 5.56 Å². The van der Waals surface area contributed by atoms with Crippen molar-refractivity contribution in [2.75, 3.05) is 5.73 Å². The number of anilines is 1. The molecule has 0 fully saturated rings. The third-order valence-corrected chi connectivity index (χ3v) is 2.24. The maximum Gasteiger partial charge on any atom is 0.272 e. The molecule has 0 unspecified atom stereocenters. The van der Waals surface area contributed by atoms with Crippen molar-refractivity contribution in [2.45, 2.75) is 6.54 Å². The van der Waals surface area contributed by atoms with Crippen molar-refractivity contribution in [3.8, 4) is 0 Å².